The van der Waals surface area contributed by atoms with E-state index in [2.05, 4.69) is 20.0 Å². The fourth-order valence-electron chi connectivity index (χ4n) is 4.44. The van der Waals surface area contributed by atoms with Crippen LogP contribution in [0.2, 0.25) is 0 Å². The Labute approximate surface area is 137 Å². The number of rotatable bonds is 5. The summed E-state index contributed by atoms with van der Waals surface area (Å²) < 4.78 is 2.01. The van der Waals surface area contributed by atoms with Gasteiger partial charge in [0.25, 0.3) is 0 Å². The summed E-state index contributed by atoms with van der Waals surface area (Å²) in [5.41, 5.74) is -0.0881. The second-order valence-electron chi connectivity index (χ2n) is 7.66. The Kier molecular flexibility index (Phi) is 4.09. The van der Waals surface area contributed by atoms with Crippen molar-refractivity contribution < 1.29 is 4.79 Å². The minimum absolute atomic E-state index is 0.0881. The molecule has 1 spiro atoms. The standard InChI is InChI=1S/C17H27N5O/c23-16-17(5-2-7-22(16)11-15-3-1-4-15)6-8-20(12-17)9-10-21-13-18-19-14-21/h13-15H,1-12H2/t17-/m0/s1. The van der Waals surface area contributed by atoms with Gasteiger partial charge in [-0.1, -0.05) is 6.42 Å². The molecule has 0 aromatic carbocycles. The van der Waals surface area contributed by atoms with Crippen LogP contribution < -0.4 is 0 Å². The van der Waals surface area contributed by atoms with Gasteiger partial charge < -0.3 is 14.4 Å². The van der Waals surface area contributed by atoms with Gasteiger partial charge in [0, 0.05) is 32.7 Å². The molecule has 0 N–H and O–H groups in total. The normalized spacial score (nSPS) is 29.4. The lowest BCUT2D eigenvalue weighted by molar-refractivity contribution is -0.146. The first-order valence-electron chi connectivity index (χ1n) is 9.09. The molecule has 2 saturated heterocycles. The number of likely N-dealkylation sites (tertiary alicyclic amines) is 2. The number of amides is 1. The molecule has 4 rings (SSSR count). The molecule has 2 aliphatic heterocycles. The lowest BCUT2D eigenvalue weighted by Crippen LogP contribution is -2.51. The maximum atomic E-state index is 13.1. The average molecular weight is 317 g/mol. The van der Waals surface area contributed by atoms with Crippen molar-refractivity contribution in [2.75, 3.05) is 32.7 Å². The Hall–Kier alpha value is -1.43. The predicted octanol–water partition coefficient (Wildman–Crippen LogP) is 1.39. The third-order valence-corrected chi connectivity index (χ3v) is 6.10. The van der Waals surface area contributed by atoms with Crippen molar-refractivity contribution in [2.45, 2.75) is 45.1 Å². The van der Waals surface area contributed by atoms with E-state index in [-0.39, 0.29) is 5.41 Å². The Balaban J connectivity index is 1.34. The lowest BCUT2D eigenvalue weighted by atomic mass is 9.77. The Morgan fingerprint density at radius 1 is 1.09 bits per heavy atom. The van der Waals surface area contributed by atoms with E-state index in [1.807, 2.05) is 4.57 Å². The highest BCUT2D eigenvalue weighted by molar-refractivity contribution is 5.84. The van der Waals surface area contributed by atoms with E-state index in [1.165, 1.54) is 25.7 Å². The molecule has 1 saturated carbocycles. The van der Waals surface area contributed by atoms with E-state index in [0.29, 0.717) is 5.91 Å². The van der Waals surface area contributed by atoms with Crippen LogP contribution in [0.4, 0.5) is 0 Å². The molecule has 1 atom stereocenters. The number of piperidine rings is 1. The fourth-order valence-corrected chi connectivity index (χ4v) is 4.44. The molecular formula is C17H27N5O. The van der Waals surface area contributed by atoms with E-state index >= 15 is 0 Å². The molecule has 6 nitrogen and oxygen atoms in total. The van der Waals surface area contributed by atoms with E-state index in [4.69, 9.17) is 0 Å². The Morgan fingerprint density at radius 2 is 1.91 bits per heavy atom. The smallest absolute Gasteiger partial charge is 0.230 e. The van der Waals surface area contributed by atoms with Gasteiger partial charge in [0.2, 0.25) is 5.91 Å². The Morgan fingerprint density at radius 3 is 2.65 bits per heavy atom. The van der Waals surface area contributed by atoms with Crippen LogP contribution in [0, 0.1) is 11.3 Å². The second-order valence-corrected chi connectivity index (χ2v) is 7.66. The summed E-state index contributed by atoms with van der Waals surface area (Å²) in [5.74, 6) is 1.22. The van der Waals surface area contributed by atoms with Crippen LogP contribution in [0.25, 0.3) is 0 Å². The molecule has 1 aromatic heterocycles. The SMILES string of the molecule is O=C1N(CC2CCC2)CCC[C@@]12CCN(CCn1cnnc1)C2. The highest BCUT2D eigenvalue weighted by Gasteiger charge is 2.48. The number of aromatic nitrogens is 3. The van der Waals surface area contributed by atoms with Crippen LogP contribution in [0.3, 0.4) is 0 Å². The number of carbonyl (C=O) groups excluding carboxylic acids is 1. The summed E-state index contributed by atoms with van der Waals surface area (Å²) in [4.78, 5) is 17.7. The van der Waals surface area contributed by atoms with Gasteiger partial charge in [0.05, 0.1) is 5.41 Å². The molecular weight excluding hydrogens is 290 g/mol. The third-order valence-electron chi connectivity index (χ3n) is 6.10. The summed E-state index contributed by atoms with van der Waals surface area (Å²) in [6.07, 6.45) is 10.8. The molecule has 0 bridgehead atoms. The molecule has 3 aliphatic rings. The van der Waals surface area contributed by atoms with Crippen molar-refractivity contribution in [3.63, 3.8) is 0 Å². The summed E-state index contributed by atoms with van der Waals surface area (Å²) in [7, 11) is 0. The molecule has 0 unspecified atom stereocenters. The maximum absolute atomic E-state index is 13.1. The van der Waals surface area contributed by atoms with Crippen molar-refractivity contribution in [1.29, 1.82) is 0 Å². The lowest BCUT2D eigenvalue weighted by Gasteiger charge is -2.42. The molecule has 126 valence electrons. The topological polar surface area (TPSA) is 54.3 Å². The van der Waals surface area contributed by atoms with Gasteiger partial charge in [-0.3, -0.25) is 4.79 Å². The van der Waals surface area contributed by atoms with E-state index in [1.54, 1.807) is 12.7 Å². The molecule has 6 heteroatoms. The van der Waals surface area contributed by atoms with Crippen molar-refractivity contribution in [3.8, 4) is 0 Å². The van der Waals surface area contributed by atoms with Gasteiger partial charge in [-0.25, -0.2) is 0 Å². The third kappa shape index (κ3) is 3.01. The summed E-state index contributed by atoms with van der Waals surface area (Å²) in [6.45, 7) is 5.87. The molecule has 1 aromatic rings. The molecule has 3 fully saturated rings. The Bertz CT molecular complexity index is 541. The highest BCUT2D eigenvalue weighted by Crippen LogP contribution is 2.41. The van der Waals surface area contributed by atoms with Crippen molar-refractivity contribution in [1.82, 2.24) is 24.6 Å². The molecule has 1 amide bonds. The monoisotopic (exact) mass is 317 g/mol. The van der Waals surface area contributed by atoms with Gasteiger partial charge >= 0.3 is 0 Å². The van der Waals surface area contributed by atoms with Crippen LogP contribution in [0.5, 0.6) is 0 Å². The van der Waals surface area contributed by atoms with Crippen molar-refractivity contribution >= 4 is 5.91 Å². The maximum Gasteiger partial charge on any atom is 0.230 e. The summed E-state index contributed by atoms with van der Waals surface area (Å²) in [5, 5.41) is 7.70. The van der Waals surface area contributed by atoms with E-state index < -0.39 is 0 Å². The van der Waals surface area contributed by atoms with Gasteiger partial charge in [0.15, 0.2) is 0 Å². The first-order chi connectivity index (χ1) is 11.3. The van der Waals surface area contributed by atoms with Crippen molar-refractivity contribution in [2.24, 2.45) is 11.3 Å². The molecule has 3 heterocycles. The molecule has 1 aliphatic carbocycles. The van der Waals surface area contributed by atoms with Crippen molar-refractivity contribution in [3.05, 3.63) is 12.7 Å². The zero-order valence-electron chi connectivity index (χ0n) is 13.9. The van der Waals surface area contributed by atoms with Crippen LogP contribution in [0.1, 0.15) is 38.5 Å². The number of hydrogen-bond acceptors (Lipinski definition) is 4. The average Bonchev–Trinajstić information content (AvgIpc) is 3.15. The van der Waals surface area contributed by atoms with Gasteiger partial charge in [-0.2, -0.15) is 0 Å². The van der Waals surface area contributed by atoms with Crippen LogP contribution in [-0.2, 0) is 11.3 Å². The number of hydrogen-bond donors (Lipinski definition) is 0. The van der Waals surface area contributed by atoms with E-state index in [0.717, 1.165) is 58.0 Å². The van der Waals surface area contributed by atoms with Crippen LogP contribution in [0.15, 0.2) is 12.7 Å². The zero-order valence-corrected chi connectivity index (χ0v) is 13.9. The first-order valence-corrected chi connectivity index (χ1v) is 9.09. The highest BCUT2D eigenvalue weighted by atomic mass is 16.2. The minimum atomic E-state index is -0.0881. The summed E-state index contributed by atoms with van der Waals surface area (Å²) in [6, 6.07) is 0. The van der Waals surface area contributed by atoms with Gasteiger partial charge in [-0.15, -0.1) is 10.2 Å². The van der Waals surface area contributed by atoms with Crippen LogP contribution >= 0.6 is 0 Å². The molecule has 0 radical (unpaired) electrons. The van der Waals surface area contributed by atoms with Gasteiger partial charge in [-0.05, 0) is 44.6 Å². The minimum Gasteiger partial charge on any atom is -0.342 e. The predicted molar refractivity (Wildman–Crippen MR) is 86.7 cm³/mol. The van der Waals surface area contributed by atoms with Gasteiger partial charge in [0.1, 0.15) is 12.7 Å². The number of nitrogens with zero attached hydrogens (tertiary/aromatic N) is 5. The summed E-state index contributed by atoms with van der Waals surface area (Å²) >= 11 is 0. The quantitative estimate of drug-likeness (QED) is 0.823. The number of carbonyl (C=O) groups is 1. The zero-order chi connectivity index (χ0) is 15.7. The first kappa shape index (κ1) is 15.1. The largest absolute Gasteiger partial charge is 0.342 e. The molecule has 23 heavy (non-hydrogen) atoms. The van der Waals surface area contributed by atoms with Crippen LogP contribution in [-0.4, -0.2) is 63.2 Å². The van der Waals surface area contributed by atoms with E-state index in [9.17, 15) is 4.79 Å². The second kappa shape index (κ2) is 6.23. The fraction of sp³-hybridized carbons (Fsp3) is 0.824.